The summed E-state index contributed by atoms with van der Waals surface area (Å²) in [7, 11) is 0. The minimum absolute atomic E-state index is 0.263. The number of aromatic hydroxyl groups is 1. The highest BCUT2D eigenvalue weighted by Gasteiger charge is 2.23. The number of likely N-dealkylation sites (tertiary alicyclic amines) is 1. The standard InChI is InChI=1S/C29H35N3O3/c1-22(17-23-4-7-26(33)8-5-23)32-15-16-34-29-9-6-24(18-25(29)21-32)20-31-13-10-27(11-14-31)35-28-3-2-12-30-19-28/h2-9,12,18-19,22,27,33H,10-11,13-17,20-21H2,1H3/t22-/m0/s1. The SMILES string of the molecule is C[C@@H](Cc1ccc(O)cc1)N1CCOc2ccc(CN3CCC(Oc4cccnc4)CC3)cc2C1. The first-order valence-electron chi connectivity index (χ1n) is 12.7. The predicted molar refractivity (Wildman–Crippen MR) is 137 cm³/mol. The van der Waals surface area contributed by atoms with E-state index in [1.54, 1.807) is 24.5 Å². The second-order valence-corrected chi connectivity index (χ2v) is 9.76. The van der Waals surface area contributed by atoms with Crippen LogP contribution in [0.1, 0.15) is 36.5 Å². The Balaban J connectivity index is 1.17. The Morgan fingerprint density at radius 3 is 2.63 bits per heavy atom. The van der Waals surface area contributed by atoms with E-state index in [1.165, 1.54) is 16.7 Å². The molecule has 0 aliphatic carbocycles. The Morgan fingerprint density at radius 1 is 1.06 bits per heavy atom. The summed E-state index contributed by atoms with van der Waals surface area (Å²) in [5.41, 5.74) is 3.85. The lowest BCUT2D eigenvalue weighted by Crippen LogP contribution is -2.37. The van der Waals surface area contributed by atoms with E-state index in [9.17, 15) is 5.11 Å². The van der Waals surface area contributed by atoms with Gasteiger partial charge in [-0.25, -0.2) is 0 Å². The van der Waals surface area contributed by atoms with Crippen LogP contribution in [-0.2, 0) is 19.5 Å². The van der Waals surface area contributed by atoms with Gasteiger partial charge in [0.05, 0.1) is 6.20 Å². The van der Waals surface area contributed by atoms with Gasteiger partial charge in [-0.05, 0) is 73.7 Å². The molecule has 1 atom stereocenters. The summed E-state index contributed by atoms with van der Waals surface area (Å²) in [5, 5.41) is 9.56. The molecular formula is C29H35N3O3. The molecule has 0 radical (unpaired) electrons. The van der Waals surface area contributed by atoms with Gasteiger partial charge in [-0.2, -0.15) is 0 Å². The minimum atomic E-state index is 0.263. The van der Waals surface area contributed by atoms with Crippen LogP contribution >= 0.6 is 0 Å². The Kier molecular flexibility index (Phi) is 7.50. The summed E-state index contributed by atoms with van der Waals surface area (Å²) < 4.78 is 12.2. The molecule has 1 fully saturated rings. The van der Waals surface area contributed by atoms with Gasteiger partial charge in [-0.1, -0.05) is 18.2 Å². The average Bonchev–Trinajstić information content (AvgIpc) is 3.09. The van der Waals surface area contributed by atoms with E-state index < -0.39 is 0 Å². The number of pyridine rings is 1. The third-order valence-electron chi connectivity index (χ3n) is 7.10. The highest BCUT2D eigenvalue weighted by molar-refractivity contribution is 5.38. The molecule has 2 aliphatic rings. The third-order valence-corrected chi connectivity index (χ3v) is 7.10. The Morgan fingerprint density at radius 2 is 1.86 bits per heavy atom. The van der Waals surface area contributed by atoms with E-state index in [1.807, 2.05) is 24.3 Å². The summed E-state index contributed by atoms with van der Waals surface area (Å²) in [6, 6.07) is 18.5. The maximum absolute atomic E-state index is 9.56. The van der Waals surface area contributed by atoms with Crippen molar-refractivity contribution in [3.8, 4) is 17.2 Å². The largest absolute Gasteiger partial charge is 0.508 e. The number of rotatable bonds is 7. The molecule has 1 saturated heterocycles. The molecule has 2 aliphatic heterocycles. The highest BCUT2D eigenvalue weighted by atomic mass is 16.5. The van der Waals surface area contributed by atoms with E-state index in [0.717, 1.165) is 63.5 Å². The summed E-state index contributed by atoms with van der Waals surface area (Å²) in [6.07, 6.45) is 6.84. The first-order valence-corrected chi connectivity index (χ1v) is 12.7. The van der Waals surface area contributed by atoms with E-state index in [0.29, 0.717) is 18.4 Å². The van der Waals surface area contributed by atoms with Crippen LogP contribution in [0.25, 0.3) is 0 Å². The van der Waals surface area contributed by atoms with Crippen molar-refractivity contribution in [2.75, 3.05) is 26.2 Å². The molecule has 0 saturated carbocycles. The van der Waals surface area contributed by atoms with Crippen LogP contribution in [0.4, 0.5) is 0 Å². The van der Waals surface area contributed by atoms with Crippen molar-refractivity contribution in [2.24, 2.45) is 0 Å². The third kappa shape index (κ3) is 6.32. The lowest BCUT2D eigenvalue weighted by atomic mass is 10.0. The molecule has 2 aromatic carbocycles. The molecule has 0 amide bonds. The first-order chi connectivity index (χ1) is 17.1. The van der Waals surface area contributed by atoms with E-state index in [4.69, 9.17) is 9.47 Å². The van der Waals surface area contributed by atoms with Crippen molar-refractivity contribution in [3.05, 3.63) is 83.7 Å². The lowest BCUT2D eigenvalue weighted by Gasteiger charge is -2.32. The highest BCUT2D eigenvalue weighted by Crippen LogP contribution is 2.27. The summed E-state index contributed by atoms with van der Waals surface area (Å²) >= 11 is 0. The molecule has 1 N–H and O–H groups in total. The minimum Gasteiger partial charge on any atom is -0.508 e. The molecule has 35 heavy (non-hydrogen) atoms. The lowest BCUT2D eigenvalue weighted by molar-refractivity contribution is 0.0965. The Labute approximate surface area is 208 Å². The Bertz CT molecular complexity index is 1080. The molecule has 184 valence electrons. The van der Waals surface area contributed by atoms with Crippen molar-refractivity contribution in [3.63, 3.8) is 0 Å². The van der Waals surface area contributed by atoms with Crippen molar-refractivity contribution in [1.29, 1.82) is 0 Å². The zero-order valence-electron chi connectivity index (χ0n) is 20.5. The van der Waals surface area contributed by atoms with Crippen LogP contribution in [0.5, 0.6) is 17.2 Å². The van der Waals surface area contributed by atoms with Crippen LogP contribution in [0.15, 0.2) is 67.0 Å². The van der Waals surface area contributed by atoms with Crippen LogP contribution in [-0.4, -0.2) is 58.3 Å². The number of ether oxygens (including phenoxy) is 2. The maximum Gasteiger partial charge on any atom is 0.137 e. The quantitative estimate of drug-likeness (QED) is 0.539. The van der Waals surface area contributed by atoms with E-state index in [-0.39, 0.29) is 6.10 Å². The fourth-order valence-corrected chi connectivity index (χ4v) is 5.10. The number of piperidine rings is 1. The van der Waals surface area contributed by atoms with Gasteiger partial charge >= 0.3 is 0 Å². The molecule has 0 bridgehead atoms. The molecular weight excluding hydrogens is 438 g/mol. The average molecular weight is 474 g/mol. The number of nitrogens with zero attached hydrogens (tertiary/aromatic N) is 3. The number of phenolic OH excluding ortho intramolecular Hbond substituents is 1. The monoisotopic (exact) mass is 473 g/mol. The van der Waals surface area contributed by atoms with Crippen LogP contribution < -0.4 is 9.47 Å². The van der Waals surface area contributed by atoms with Crippen LogP contribution in [0.3, 0.4) is 0 Å². The van der Waals surface area contributed by atoms with Gasteiger partial charge in [0.15, 0.2) is 0 Å². The molecule has 5 rings (SSSR count). The molecule has 6 heteroatoms. The number of fused-ring (bicyclic) bond motifs is 1. The number of hydrogen-bond acceptors (Lipinski definition) is 6. The fraction of sp³-hybridized carbons (Fsp3) is 0.414. The van der Waals surface area contributed by atoms with Gasteiger partial charge in [-0.3, -0.25) is 14.8 Å². The number of aromatic nitrogens is 1. The summed E-state index contributed by atoms with van der Waals surface area (Å²) in [6.45, 7) is 7.81. The Hall–Kier alpha value is -3.09. The number of phenols is 1. The zero-order valence-corrected chi connectivity index (χ0v) is 20.5. The van der Waals surface area contributed by atoms with Gasteiger partial charge < -0.3 is 14.6 Å². The molecule has 0 spiro atoms. The first kappa shape index (κ1) is 23.6. The molecule has 0 unspecified atom stereocenters. The van der Waals surface area contributed by atoms with Gasteiger partial charge in [0.25, 0.3) is 0 Å². The van der Waals surface area contributed by atoms with Gasteiger partial charge in [-0.15, -0.1) is 0 Å². The molecule has 1 aromatic heterocycles. The summed E-state index contributed by atoms with van der Waals surface area (Å²) in [4.78, 5) is 9.17. The second-order valence-electron chi connectivity index (χ2n) is 9.76. The van der Waals surface area contributed by atoms with Crippen molar-refractivity contribution >= 4 is 0 Å². The summed E-state index contributed by atoms with van der Waals surface area (Å²) in [5.74, 6) is 2.19. The fourth-order valence-electron chi connectivity index (χ4n) is 5.10. The van der Waals surface area contributed by atoms with Gasteiger partial charge in [0, 0.05) is 50.5 Å². The normalized spacial score (nSPS) is 18.3. The van der Waals surface area contributed by atoms with Crippen LogP contribution in [0, 0.1) is 0 Å². The van der Waals surface area contributed by atoms with Crippen molar-refractivity contribution in [2.45, 2.75) is 51.4 Å². The topological polar surface area (TPSA) is 58.1 Å². The zero-order chi connectivity index (χ0) is 24.0. The van der Waals surface area contributed by atoms with Crippen molar-refractivity contribution < 1.29 is 14.6 Å². The number of benzene rings is 2. The van der Waals surface area contributed by atoms with Crippen molar-refractivity contribution in [1.82, 2.24) is 14.8 Å². The molecule has 3 aromatic rings. The van der Waals surface area contributed by atoms with Crippen LogP contribution in [0.2, 0.25) is 0 Å². The molecule has 3 heterocycles. The predicted octanol–water partition coefficient (Wildman–Crippen LogP) is 4.66. The van der Waals surface area contributed by atoms with Gasteiger partial charge in [0.2, 0.25) is 0 Å². The van der Waals surface area contributed by atoms with E-state index in [2.05, 4.69) is 39.9 Å². The molecule has 6 nitrogen and oxygen atoms in total. The van der Waals surface area contributed by atoms with Gasteiger partial charge in [0.1, 0.15) is 30.0 Å². The maximum atomic E-state index is 9.56. The second kappa shape index (κ2) is 11.1. The van der Waals surface area contributed by atoms with E-state index >= 15 is 0 Å². The number of hydrogen-bond donors (Lipinski definition) is 1. The smallest absolute Gasteiger partial charge is 0.137 e.